The first-order valence-corrected chi connectivity index (χ1v) is 9.99. The summed E-state index contributed by atoms with van der Waals surface area (Å²) in [6, 6.07) is 17.3. The molecule has 156 valence electrons. The molecule has 10 heteroatoms. The third-order valence-electron chi connectivity index (χ3n) is 4.37. The van der Waals surface area contributed by atoms with Gasteiger partial charge in [-0.15, -0.1) is 16.4 Å². The maximum absolute atomic E-state index is 12.7. The van der Waals surface area contributed by atoms with Crippen molar-refractivity contribution in [3.63, 3.8) is 0 Å². The highest BCUT2D eigenvalue weighted by Gasteiger charge is 2.22. The summed E-state index contributed by atoms with van der Waals surface area (Å²) >= 11 is 1.47. The van der Waals surface area contributed by atoms with Crippen molar-refractivity contribution in [1.82, 2.24) is 14.8 Å². The van der Waals surface area contributed by atoms with Crippen molar-refractivity contribution in [3.05, 3.63) is 87.5 Å². The van der Waals surface area contributed by atoms with Crippen molar-refractivity contribution in [2.75, 3.05) is 7.11 Å². The van der Waals surface area contributed by atoms with Gasteiger partial charge in [0, 0.05) is 6.07 Å². The number of thiophene rings is 1. The number of para-hydroxylation sites is 1. The monoisotopic (exact) mass is 436 g/mol. The molecular weight excluding hydrogens is 420 g/mol. The van der Waals surface area contributed by atoms with Gasteiger partial charge in [0.1, 0.15) is 12.4 Å². The molecule has 2 aromatic heterocycles. The fourth-order valence-corrected chi connectivity index (χ4v) is 3.60. The molecule has 0 radical (unpaired) electrons. The summed E-state index contributed by atoms with van der Waals surface area (Å²) in [6.07, 6.45) is 0. The number of methoxy groups -OCH3 is 1. The zero-order chi connectivity index (χ0) is 21.8. The number of carbonyl (C=O) groups excluding carboxylic acids is 1. The Balaban J connectivity index is 1.62. The molecule has 0 bridgehead atoms. The summed E-state index contributed by atoms with van der Waals surface area (Å²) in [4.78, 5) is 28.6. The summed E-state index contributed by atoms with van der Waals surface area (Å²) in [5.74, 6) is -0.00831. The van der Waals surface area contributed by atoms with Crippen LogP contribution < -0.4 is 4.74 Å². The Morgan fingerprint density at radius 2 is 1.97 bits per heavy atom. The van der Waals surface area contributed by atoms with Crippen LogP contribution in [0.4, 0.5) is 5.69 Å². The molecule has 0 aliphatic heterocycles. The maximum atomic E-state index is 12.7. The lowest BCUT2D eigenvalue weighted by Crippen LogP contribution is -2.09. The number of nitro groups is 1. The summed E-state index contributed by atoms with van der Waals surface area (Å²) in [7, 11) is 1.45. The highest BCUT2D eigenvalue weighted by atomic mass is 32.1. The molecule has 4 rings (SSSR count). The zero-order valence-electron chi connectivity index (χ0n) is 16.3. The van der Waals surface area contributed by atoms with Crippen molar-refractivity contribution in [2.45, 2.75) is 6.61 Å². The summed E-state index contributed by atoms with van der Waals surface area (Å²) in [6.45, 7) is -0.319. The molecule has 0 saturated heterocycles. The van der Waals surface area contributed by atoms with Gasteiger partial charge in [-0.05, 0) is 35.7 Å². The SMILES string of the molecule is COc1ccc([N+](=O)[O-])c(COC(=O)c2nc(-c3cccs3)n(-c3ccccc3)n2)c1. The maximum Gasteiger partial charge on any atom is 0.378 e. The minimum atomic E-state index is -0.787. The van der Waals surface area contributed by atoms with Crippen LogP contribution in [0.1, 0.15) is 16.2 Å². The minimum absolute atomic E-state index is 0.141. The predicted octanol–water partition coefficient (Wildman–Crippen LogP) is 4.27. The molecule has 0 amide bonds. The zero-order valence-corrected chi connectivity index (χ0v) is 17.1. The van der Waals surface area contributed by atoms with E-state index >= 15 is 0 Å². The van der Waals surface area contributed by atoms with Crippen LogP contribution in [-0.2, 0) is 11.3 Å². The van der Waals surface area contributed by atoms with Crippen LogP contribution in [0.15, 0.2) is 66.0 Å². The van der Waals surface area contributed by atoms with E-state index in [-0.39, 0.29) is 23.7 Å². The molecular formula is C21H16N4O5S. The molecule has 2 heterocycles. The Morgan fingerprint density at radius 1 is 1.16 bits per heavy atom. The van der Waals surface area contributed by atoms with Gasteiger partial charge >= 0.3 is 5.97 Å². The number of hydrogen-bond donors (Lipinski definition) is 0. The Bertz CT molecular complexity index is 1220. The molecule has 0 atom stereocenters. The fourth-order valence-electron chi connectivity index (χ4n) is 2.90. The summed E-state index contributed by atoms with van der Waals surface area (Å²) in [5, 5.41) is 17.5. The lowest BCUT2D eigenvalue weighted by molar-refractivity contribution is -0.385. The van der Waals surface area contributed by atoms with E-state index in [0.717, 1.165) is 10.6 Å². The van der Waals surface area contributed by atoms with Gasteiger partial charge in [-0.3, -0.25) is 10.1 Å². The van der Waals surface area contributed by atoms with Gasteiger partial charge in [0.2, 0.25) is 0 Å². The quantitative estimate of drug-likeness (QED) is 0.242. The van der Waals surface area contributed by atoms with Gasteiger partial charge in [0.05, 0.1) is 28.2 Å². The van der Waals surface area contributed by atoms with E-state index in [2.05, 4.69) is 10.1 Å². The normalized spacial score (nSPS) is 10.6. The number of rotatable bonds is 7. The number of benzene rings is 2. The highest BCUT2D eigenvalue weighted by Crippen LogP contribution is 2.27. The van der Waals surface area contributed by atoms with Gasteiger partial charge in [-0.1, -0.05) is 24.3 Å². The second-order valence-electron chi connectivity index (χ2n) is 6.31. The number of ether oxygens (including phenoxy) is 2. The first kappa shape index (κ1) is 20.2. The topological polar surface area (TPSA) is 109 Å². The molecule has 0 aliphatic rings. The van der Waals surface area contributed by atoms with Crippen molar-refractivity contribution in [2.24, 2.45) is 0 Å². The Kier molecular flexibility index (Phi) is 5.72. The van der Waals surface area contributed by atoms with E-state index in [9.17, 15) is 14.9 Å². The molecule has 2 aromatic carbocycles. The van der Waals surface area contributed by atoms with Crippen LogP contribution in [0, 0.1) is 10.1 Å². The van der Waals surface area contributed by atoms with E-state index in [1.54, 1.807) is 4.68 Å². The lowest BCUT2D eigenvalue weighted by Gasteiger charge is -2.06. The number of carbonyl (C=O) groups is 1. The van der Waals surface area contributed by atoms with Crippen LogP contribution in [-0.4, -0.2) is 32.8 Å². The molecule has 0 spiro atoms. The van der Waals surface area contributed by atoms with Gasteiger partial charge in [0.15, 0.2) is 5.82 Å². The average molecular weight is 436 g/mol. The van der Waals surface area contributed by atoms with E-state index in [1.807, 2.05) is 47.8 Å². The van der Waals surface area contributed by atoms with Crippen LogP contribution >= 0.6 is 11.3 Å². The number of hydrogen-bond acceptors (Lipinski definition) is 8. The molecule has 0 saturated carbocycles. The molecule has 0 N–H and O–H groups in total. The fraction of sp³-hybridized carbons (Fsp3) is 0.0952. The lowest BCUT2D eigenvalue weighted by atomic mass is 10.2. The van der Waals surface area contributed by atoms with E-state index in [4.69, 9.17) is 9.47 Å². The van der Waals surface area contributed by atoms with Crippen LogP contribution in [0.25, 0.3) is 16.4 Å². The molecule has 0 aliphatic carbocycles. The Morgan fingerprint density at radius 3 is 2.65 bits per heavy atom. The van der Waals surface area contributed by atoms with Crippen molar-refractivity contribution >= 4 is 23.0 Å². The Labute approximate surface area is 180 Å². The van der Waals surface area contributed by atoms with Gasteiger partial charge in [-0.25, -0.2) is 9.48 Å². The molecule has 4 aromatic rings. The summed E-state index contributed by atoms with van der Waals surface area (Å²) < 4.78 is 12.0. The second-order valence-corrected chi connectivity index (χ2v) is 7.26. The highest BCUT2D eigenvalue weighted by molar-refractivity contribution is 7.13. The average Bonchev–Trinajstić information content (AvgIpc) is 3.47. The third kappa shape index (κ3) is 4.28. The van der Waals surface area contributed by atoms with Crippen LogP contribution in [0.3, 0.4) is 0 Å². The number of esters is 1. The van der Waals surface area contributed by atoms with Crippen LogP contribution in [0.2, 0.25) is 0 Å². The minimum Gasteiger partial charge on any atom is -0.497 e. The van der Waals surface area contributed by atoms with E-state index in [0.29, 0.717) is 11.6 Å². The molecule has 31 heavy (non-hydrogen) atoms. The van der Waals surface area contributed by atoms with Gasteiger partial charge in [0.25, 0.3) is 11.5 Å². The third-order valence-corrected chi connectivity index (χ3v) is 5.24. The summed E-state index contributed by atoms with van der Waals surface area (Å²) in [5.41, 5.74) is 0.773. The molecule has 9 nitrogen and oxygen atoms in total. The smallest absolute Gasteiger partial charge is 0.378 e. The molecule has 0 fully saturated rings. The number of nitrogens with zero attached hydrogens (tertiary/aromatic N) is 4. The standard InChI is InChI=1S/C21H16N4O5S/c1-29-16-9-10-17(25(27)28)14(12-16)13-30-21(26)19-22-20(18-8-5-11-31-18)24(23-19)15-6-3-2-4-7-15/h2-12H,13H2,1H3. The van der Waals surface area contributed by atoms with Crippen LogP contribution in [0.5, 0.6) is 5.75 Å². The second kappa shape index (κ2) is 8.76. The van der Waals surface area contributed by atoms with E-state index < -0.39 is 10.9 Å². The van der Waals surface area contributed by atoms with E-state index in [1.165, 1.54) is 36.6 Å². The van der Waals surface area contributed by atoms with Crippen molar-refractivity contribution in [3.8, 4) is 22.1 Å². The predicted molar refractivity (Wildman–Crippen MR) is 113 cm³/mol. The first-order chi connectivity index (χ1) is 15.1. The number of nitro benzene ring substituents is 1. The number of aromatic nitrogens is 3. The largest absolute Gasteiger partial charge is 0.497 e. The van der Waals surface area contributed by atoms with Gasteiger partial charge < -0.3 is 9.47 Å². The van der Waals surface area contributed by atoms with Crippen molar-refractivity contribution in [1.29, 1.82) is 0 Å². The van der Waals surface area contributed by atoms with Crippen molar-refractivity contribution < 1.29 is 19.2 Å². The van der Waals surface area contributed by atoms with Gasteiger partial charge in [-0.2, -0.15) is 4.98 Å². The molecule has 0 unspecified atom stereocenters. The first-order valence-electron chi connectivity index (χ1n) is 9.11. The Hall–Kier alpha value is -4.05.